The summed E-state index contributed by atoms with van der Waals surface area (Å²) in [6.07, 6.45) is 4.39. The van der Waals surface area contributed by atoms with Gasteiger partial charge in [0.2, 0.25) is 0 Å². The number of carbonyl (C=O) groups is 1. The fourth-order valence-electron chi connectivity index (χ4n) is 2.85. The average molecular weight is 429 g/mol. The van der Waals surface area contributed by atoms with Crippen LogP contribution in [0.4, 0.5) is 0 Å². The van der Waals surface area contributed by atoms with Gasteiger partial charge in [-0.15, -0.1) is 0 Å². The molecule has 0 radical (unpaired) electrons. The molecule has 164 valence electrons. The lowest BCUT2D eigenvalue weighted by Gasteiger charge is -2.45. The van der Waals surface area contributed by atoms with Crippen molar-refractivity contribution in [3.05, 3.63) is 11.6 Å². The summed E-state index contributed by atoms with van der Waals surface area (Å²) in [7, 11) is -3.80. The second kappa shape index (κ2) is 9.15. The van der Waals surface area contributed by atoms with Crippen LogP contribution in [0.1, 0.15) is 67.7 Å². The maximum absolute atomic E-state index is 12.1. The number of rotatable bonds is 6. The molecule has 0 bridgehead atoms. The largest absolute Gasteiger partial charge is 0.463 e. The fourth-order valence-corrected chi connectivity index (χ4v) is 5.57. The molecular formula is C22H44O4Si2. The van der Waals surface area contributed by atoms with E-state index in [1.165, 1.54) is 0 Å². The van der Waals surface area contributed by atoms with Gasteiger partial charge in [-0.2, -0.15) is 0 Å². The molecular weight excluding hydrogens is 384 g/mol. The van der Waals surface area contributed by atoms with E-state index in [4.69, 9.17) is 13.6 Å². The zero-order valence-electron chi connectivity index (χ0n) is 20.2. The smallest absolute Gasteiger partial charge is 0.330 e. The van der Waals surface area contributed by atoms with Crippen LogP contribution in [0.25, 0.3) is 0 Å². The van der Waals surface area contributed by atoms with E-state index >= 15 is 0 Å². The Labute approximate surface area is 175 Å². The van der Waals surface area contributed by atoms with Gasteiger partial charge in [0.15, 0.2) is 16.6 Å². The molecule has 0 aliphatic heterocycles. The standard InChI is InChI=1S/C22H44O4Si2/c1-12-24-20(23)15-17-13-14-18(25-27(8,9)21(2,3)4)16-19(17)26-28(10,11)22(5,6)7/h15,18-19H,12-14,16H2,1-11H3/b17-15-/t18-,19+/m0/s1. The minimum Gasteiger partial charge on any atom is -0.463 e. The van der Waals surface area contributed by atoms with Gasteiger partial charge in [0.25, 0.3) is 0 Å². The van der Waals surface area contributed by atoms with Crippen molar-refractivity contribution in [1.29, 1.82) is 0 Å². The van der Waals surface area contributed by atoms with Crippen LogP contribution in [-0.4, -0.2) is 41.4 Å². The molecule has 28 heavy (non-hydrogen) atoms. The second-order valence-electron chi connectivity index (χ2n) is 11.1. The summed E-state index contributed by atoms with van der Waals surface area (Å²) in [5.41, 5.74) is 1.07. The highest BCUT2D eigenvalue weighted by molar-refractivity contribution is 6.74. The van der Waals surface area contributed by atoms with Crippen molar-refractivity contribution >= 4 is 22.6 Å². The van der Waals surface area contributed by atoms with Crippen LogP contribution < -0.4 is 0 Å². The summed E-state index contributed by atoms with van der Waals surface area (Å²) in [6.45, 7) is 25.0. The lowest BCUT2D eigenvalue weighted by atomic mass is 9.90. The topological polar surface area (TPSA) is 44.8 Å². The molecule has 0 unspecified atom stereocenters. The first-order valence-electron chi connectivity index (χ1n) is 10.7. The summed E-state index contributed by atoms with van der Waals surface area (Å²) < 4.78 is 18.6. The summed E-state index contributed by atoms with van der Waals surface area (Å²) in [5.74, 6) is -0.259. The van der Waals surface area contributed by atoms with Crippen molar-refractivity contribution in [2.24, 2.45) is 0 Å². The highest BCUT2D eigenvalue weighted by Crippen LogP contribution is 2.43. The second-order valence-corrected chi connectivity index (χ2v) is 20.6. The molecule has 1 aliphatic carbocycles. The Morgan fingerprint density at radius 1 is 1.00 bits per heavy atom. The molecule has 0 aromatic carbocycles. The van der Waals surface area contributed by atoms with Crippen LogP contribution in [0.3, 0.4) is 0 Å². The third kappa shape index (κ3) is 6.82. The maximum atomic E-state index is 12.1. The summed E-state index contributed by atoms with van der Waals surface area (Å²) >= 11 is 0. The summed E-state index contributed by atoms with van der Waals surface area (Å²) in [4.78, 5) is 12.1. The lowest BCUT2D eigenvalue weighted by molar-refractivity contribution is -0.137. The van der Waals surface area contributed by atoms with E-state index in [1.807, 2.05) is 6.92 Å². The predicted octanol–water partition coefficient (Wildman–Crippen LogP) is 6.44. The van der Waals surface area contributed by atoms with Crippen LogP contribution in [0.5, 0.6) is 0 Å². The molecule has 0 heterocycles. The Hall–Kier alpha value is -0.436. The van der Waals surface area contributed by atoms with E-state index < -0.39 is 16.6 Å². The zero-order valence-corrected chi connectivity index (χ0v) is 22.2. The van der Waals surface area contributed by atoms with Gasteiger partial charge in [-0.05, 0) is 61.6 Å². The Morgan fingerprint density at radius 2 is 1.50 bits per heavy atom. The molecule has 0 N–H and O–H groups in total. The fraction of sp³-hybridized carbons (Fsp3) is 0.864. The molecule has 0 amide bonds. The van der Waals surface area contributed by atoms with E-state index in [-0.39, 0.29) is 28.3 Å². The Balaban J connectivity index is 3.07. The summed E-state index contributed by atoms with van der Waals surface area (Å²) in [6, 6.07) is 0. The maximum Gasteiger partial charge on any atom is 0.330 e. The lowest BCUT2D eigenvalue weighted by Crippen LogP contribution is -2.49. The van der Waals surface area contributed by atoms with E-state index in [9.17, 15) is 4.79 Å². The van der Waals surface area contributed by atoms with E-state index in [1.54, 1.807) is 6.08 Å². The third-order valence-corrected chi connectivity index (χ3v) is 15.8. The first-order chi connectivity index (χ1) is 12.5. The summed E-state index contributed by atoms with van der Waals surface area (Å²) in [5, 5.41) is 0.305. The average Bonchev–Trinajstić information content (AvgIpc) is 2.47. The Bertz CT molecular complexity index is 568. The Kier molecular flexibility index (Phi) is 8.36. The number of hydrogen-bond donors (Lipinski definition) is 0. The molecule has 6 heteroatoms. The molecule has 1 rings (SSSR count). The van der Waals surface area contributed by atoms with Crippen LogP contribution >= 0.6 is 0 Å². The predicted molar refractivity (Wildman–Crippen MR) is 123 cm³/mol. The van der Waals surface area contributed by atoms with Crippen LogP contribution in [0.2, 0.25) is 36.3 Å². The van der Waals surface area contributed by atoms with Gasteiger partial charge in [0, 0.05) is 18.6 Å². The molecule has 0 saturated heterocycles. The number of ether oxygens (including phenoxy) is 1. The molecule has 1 saturated carbocycles. The molecule has 0 aromatic rings. The minimum atomic E-state index is -1.97. The molecule has 2 atom stereocenters. The quantitative estimate of drug-likeness (QED) is 0.277. The van der Waals surface area contributed by atoms with Gasteiger partial charge in [-0.25, -0.2) is 4.79 Å². The molecule has 1 aliphatic rings. The number of hydrogen-bond acceptors (Lipinski definition) is 4. The van der Waals surface area contributed by atoms with Crippen molar-refractivity contribution in [2.45, 2.75) is 116 Å². The van der Waals surface area contributed by atoms with Crippen LogP contribution in [-0.2, 0) is 18.4 Å². The van der Waals surface area contributed by atoms with E-state index in [2.05, 4.69) is 67.7 Å². The van der Waals surface area contributed by atoms with Gasteiger partial charge >= 0.3 is 5.97 Å². The Morgan fingerprint density at radius 3 is 1.96 bits per heavy atom. The van der Waals surface area contributed by atoms with Gasteiger partial charge in [-0.1, -0.05) is 41.5 Å². The molecule has 0 aromatic heterocycles. The molecule has 0 spiro atoms. The van der Waals surface area contributed by atoms with E-state index in [0.29, 0.717) is 6.61 Å². The van der Waals surface area contributed by atoms with Crippen molar-refractivity contribution < 1.29 is 18.4 Å². The molecule has 4 nitrogen and oxygen atoms in total. The monoisotopic (exact) mass is 428 g/mol. The van der Waals surface area contributed by atoms with Crippen molar-refractivity contribution in [2.75, 3.05) is 6.61 Å². The third-order valence-electron chi connectivity index (χ3n) is 6.75. The minimum absolute atomic E-state index is 0.0613. The van der Waals surface area contributed by atoms with Crippen molar-refractivity contribution in [3.63, 3.8) is 0 Å². The highest BCUT2D eigenvalue weighted by Gasteiger charge is 2.44. The highest BCUT2D eigenvalue weighted by atomic mass is 28.4. The van der Waals surface area contributed by atoms with Gasteiger partial charge in [0.05, 0.1) is 12.7 Å². The van der Waals surface area contributed by atoms with E-state index in [0.717, 1.165) is 24.8 Å². The number of carbonyl (C=O) groups excluding carboxylic acids is 1. The van der Waals surface area contributed by atoms with Gasteiger partial charge in [-0.3, -0.25) is 0 Å². The van der Waals surface area contributed by atoms with Crippen LogP contribution in [0.15, 0.2) is 11.6 Å². The van der Waals surface area contributed by atoms with Crippen molar-refractivity contribution in [1.82, 2.24) is 0 Å². The van der Waals surface area contributed by atoms with Crippen molar-refractivity contribution in [3.8, 4) is 0 Å². The van der Waals surface area contributed by atoms with Gasteiger partial charge in [0.1, 0.15) is 0 Å². The molecule has 1 fully saturated rings. The first kappa shape index (κ1) is 25.6. The zero-order chi connectivity index (χ0) is 22.0. The van der Waals surface area contributed by atoms with Gasteiger partial charge < -0.3 is 13.6 Å². The first-order valence-corrected chi connectivity index (χ1v) is 16.5. The normalized spacial score (nSPS) is 23.8. The number of esters is 1. The van der Waals surface area contributed by atoms with Crippen LogP contribution in [0, 0.1) is 0 Å². The SMILES string of the molecule is CCOC(=O)/C=C1/CC[C@H](O[Si](C)(C)C(C)(C)C)C[C@H]1O[Si](C)(C)C(C)(C)C.